The number of aromatic nitrogens is 3. The molecular formula is C29H30N6O5. The van der Waals surface area contributed by atoms with Gasteiger partial charge in [-0.05, 0) is 41.8 Å². The largest absolute Gasteiger partial charge is 0.493 e. The Balaban J connectivity index is 1.34. The molecule has 11 nitrogen and oxygen atoms in total. The van der Waals surface area contributed by atoms with Crippen molar-refractivity contribution < 1.29 is 24.5 Å². The first kappa shape index (κ1) is 27.1. The van der Waals surface area contributed by atoms with E-state index < -0.39 is 12.5 Å². The van der Waals surface area contributed by atoms with Gasteiger partial charge in [-0.3, -0.25) is 9.59 Å². The molecule has 1 atom stereocenters. The molecule has 11 heteroatoms. The lowest BCUT2D eigenvalue weighted by Gasteiger charge is -2.33. The summed E-state index contributed by atoms with van der Waals surface area (Å²) < 4.78 is 6.19. The predicted molar refractivity (Wildman–Crippen MR) is 146 cm³/mol. The van der Waals surface area contributed by atoms with Gasteiger partial charge in [-0.2, -0.15) is 5.26 Å². The van der Waals surface area contributed by atoms with Crippen LogP contribution in [0, 0.1) is 17.2 Å². The van der Waals surface area contributed by atoms with Crippen LogP contribution in [0.4, 0.5) is 0 Å². The number of H-pyrrole nitrogens is 1. The number of hydrogen-bond donors (Lipinski definition) is 4. The lowest BCUT2D eigenvalue weighted by molar-refractivity contribution is -0.136. The van der Waals surface area contributed by atoms with Gasteiger partial charge in [-0.15, -0.1) is 0 Å². The maximum absolute atomic E-state index is 12.1. The standard InChI is InChI=1S/C29H30N6O5/c30-15-21-13-20(5-6-25(21)40-22-7-10-35(11-8-22)26(38)16-37)27-23-14-24(34-28(23)33-17-32-27)18-1-3-19(4-2-18)29(39)31-9-12-36/h1-6,14,17,21-22,36-37H,7-13,16H2,(H,31,39)(H,32,33,34). The molecular weight excluding hydrogens is 512 g/mol. The lowest BCUT2D eigenvalue weighted by Crippen LogP contribution is -2.42. The second-order valence-electron chi connectivity index (χ2n) is 9.73. The molecule has 2 amide bonds. The number of carbonyl (C=O) groups excluding carboxylic acids is 2. The number of benzene rings is 1. The molecule has 1 aliphatic heterocycles. The highest BCUT2D eigenvalue weighted by Crippen LogP contribution is 2.36. The van der Waals surface area contributed by atoms with E-state index >= 15 is 0 Å². The molecule has 1 aliphatic carbocycles. The maximum atomic E-state index is 12.1. The van der Waals surface area contributed by atoms with Crippen molar-refractivity contribution in [3.63, 3.8) is 0 Å². The summed E-state index contributed by atoms with van der Waals surface area (Å²) >= 11 is 0. The van der Waals surface area contributed by atoms with Crippen LogP contribution in [-0.4, -0.2) is 80.8 Å². The van der Waals surface area contributed by atoms with Crippen LogP contribution < -0.4 is 5.32 Å². The number of ether oxygens (including phenoxy) is 1. The Kier molecular flexibility index (Phi) is 8.19. The Hall–Kier alpha value is -4.53. The molecule has 0 saturated carbocycles. The summed E-state index contributed by atoms with van der Waals surface area (Å²) in [5, 5.41) is 31.4. The molecule has 1 aromatic carbocycles. The molecule has 1 fully saturated rings. The first-order valence-electron chi connectivity index (χ1n) is 13.2. The van der Waals surface area contributed by atoms with Crippen LogP contribution in [0.5, 0.6) is 0 Å². The smallest absolute Gasteiger partial charge is 0.251 e. The highest BCUT2D eigenvalue weighted by molar-refractivity contribution is 5.95. The molecule has 40 heavy (non-hydrogen) atoms. The van der Waals surface area contributed by atoms with Crippen LogP contribution in [0.25, 0.3) is 27.9 Å². The van der Waals surface area contributed by atoms with E-state index in [0.717, 1.165) is 27.9 Å². The number of piperidine rings is 1. The Labute approximate surface area is 230 Å². The van der Waals surface area contributed by atoms with Gasteiger partial charge in [0.15, 0.2) is 0 Å². The van der Waals surface area contributed by atoms with Gasteiger partial charge in [0, 0.05) is 49.1 Å². The van der Waals surface area contributed by atoms with E-state index in [-0.39, 0.29) is 31.1 Å². The summed E-state index contributed by atoms with van der Waals surface area (Å²) in [4.78, 5) is 37.7. The fourth-order valence-electron chi connectivity index (χ4n) is 5.03. The molecule has 3 heterocycles. The number of allylic oxidation sites excluding steroid dienone is 4. The fourth-order valence-corrected chi connectivity index (χ4v) is 5.03. The number of carbonyl (C=O) groups is 2. The second-order valence-corrected chi connectivity index (χ2v) is 9.73. The average molecular weight is 543 g/mol. The van der Waals surface area contributed by atoms with Crippen LogP contribution in [0.15, 0.2) is 54.6 Å². The molecule has 1 unspecified atom stereocenters. The summed E-state index contributed by atoms with van der Waals surface area (Å²) in [7, 11) is 0. The lowest BCUT2D eigenvalue weighted by atomic mass is 9.90. The number of nitriles is 1. The van der Waals surface area contributed by atoms with Gasteiger partial charge >= 0.3 is 0 Å². The van der Waals surface area contributed by atoms with Crippen LogP contribution in [0.2, 0.25) is 0 Å². The first-order chi connectivity index (χ1) is 19.5. The number of amides is 2. The van der Waals surface area contributed by atoms with E-state index in [0.29, 0.717) is 49.3 Å². The molecule has 1 saturated heterocycles. The van der Waals surface area contributed by atoms with Gasteiger partial charge < -0.3 is 30.2 Å². The Morgan fingerprint density at radius 3 is 2.62 bits per heavy atom. The van der Waals surface area contributed by atoms with Gasteiger partial charge in [0.1, 0.15) is 36.4 Å². The quantitative estimate of drug-likeness (QED) is 0.336. The second kappa shape index (κ2) is 12.1. The van der Waals surface area contributed by atoms with Crippen molar-refractivity contribution in [2.45, 2.75) is 25.4 Å². The van der Waals surface area contributed by atoms with E-state index in [1.165, 1.54) is 6.33 Å². The van der Waals surface area contributed by atoms with E-state index in [1.54, 1.807) is 17.0 Å². The van der Waals surface area contributed by atoms with Gasteiger partial charge in [0.2, 0.25) is 5.91 Å². The molecule has 2 aromatic heterocycles. The predicted octanol–water partition coefficient (Wildman–Crippen LogP) is 2.16. The summed E-state index contributed by atoms with van der Waals surface area (Å²) in [5.74, 6) is -0.382. The number of aliphatic hydroxyl groups excluding tert-OH is 2. The molecule has 0 spiro atoms. The molecule has 0 radical (unpaired) electrons. The Morgan fingerprint density at radius 2 is 1.93 bits per heavy atom. The number of fused-ring (bicyclic) bond motifs is 1. The van der Waals surface area contributed by atoms with Crippen molar-refractivity contribution in [1.29, 1.82) is 5.26 Å². The van der Waals surface area contributed by atoms with Gasteiger partial charge in [0.05, 0.1) is 18.4 Å². The first-order valence-corrected chi connectivity index (χ1v) is 13.2. The van der Waals surface area contributed by atoms with Crippen LogP contribution in [0.1, 0.15) is 35.3 Å². The van der Waals surface area contributed by atoms with Crippen LogP contribution in [-0.2, 0) is 9.53 Å². The zero-order valence-electron chi connectivity index (χ0n) is 21.8. The minimum absolute atomic E-state index is 0.0927. The van der Waals surface area contributed by atoms with Crippen molar-refractivity contribution in [3.05, 3.63) is 65.8 Å². The van der Waals surface area contributed by atoms with E-state index in [9.17, 15) is 14.9 Å². The number of aromatic amines is 1. The van der Waals surface area contributed by atoms with Crippen LogP contribution >= 0.6 is 0 Å². The minimum Gasteiger partial charge on any atom is -0.493 e. The molecule has 5 rings (SSSR count). The molecule has 2 aliphatic rings. The van der Waals surface area contributed by atoms with E-state index in [2.05, 4.69) is 26.3 Å². The average Bonchev–Trinajstić information content (AvgIpc) is 3.45. The number of likely N-dealkylation sites (tertiary alicyclic amines) is 1. The summed E-state index contributed by atoms with van der Waals surface area (Å²) in [6, 6.07) is 11.4. The van der Waals surface area contributed by atoms with E-state index in [1.807, 2.05) is 30.4 Å². The summed E-state index contributed by atoms with van der Waals surface area (Å²) in [5.41, 5.74) is 4.48. The van der Waals surface area contributed by atoms with Gasteiger partial charge in [-0.25, -0.2) is 9.97 Å². The number of nitrogens with one attached hydrogen (secondary N) is 2. The Morgan fingerprint density at radius 1 is 1.15 bits per heavy atom. The van der Waals surface area contributed by atoms with Crippen molar-refractivity contribution in [1.82, 2.24) is 25.2 Å². The SMILES string of the molecule is N#CC1CC(c2ncnc3[nH]c(-c4ccc(C(=O)NCCO)cc4)cc23)=CC=C1OC1CCN(C(=O)CO)CC1. The number of nitrogens with zero attached hydrogens (tertiary/aromatic N) is 4. The van der Waals surface area contributed by atoms with Crippen molar-refractivity contribution in [2.24, 2.45) is 5.92 Å². The van der Waals surface area contributed by atoms with Crippen LogP contribution in [0.3, 0.4) is 0 Å². The monoisotopic (exact) mass is 542 g/mol. The van der Waals surface area contributed by atoms with Gasteiger partial charge in [0.25, 0.3) is 5.91 Å². The highest BCUT2D eigenvalue weighted by atomic mass is 16.5. The zero-order valence-corrected chi connectivity index (χ0v) is 21.8. The number of aliphatic hydroxyl groups is 2. The van der Waals surface area contributed by atoms with Crippen molar-refractivity contribution in [2.75, 3.05) is 32.8 Å². The third-order valence-electron chi connectivity index (χ3n) is 7.19. The number of rotatable bonds is 8. The van der Waals surface area contributed by atoms with Crippen molar-refractivity contribution >= 4 is 28.4 Å². The molecule has 0 bridgehead atoms. The maximum Gasteiger partial charge on any atom is 0.251 e. The van der Waals surface area contributed by atoms with E-state index in [4.69, 9.17) is 14.9 Å². The zero-order chi connectivity index (χ0) is 28.1. The Bertz CT molecular complexity index is 1500. The minimum atomic E-state index is -0.489. The molecule has 3 aromatic rings. The fraction of sp³-hybridized carbons (Fsp3) is 0.345. The molecule has 206 valence electrons. The van der Waals surface area contributed by atoms with Crippen molar-refractivity contribution in [3.8, 4) is 17.3 Å². The third kappa shape index (κ3) is 5.73. The third-order valence-corrected chi connectivity index (χ3v) is 7.19. The highest BCUT2D eigenvalue weighted by Gasteiger charge is 2.28. The van der Waals surface area contributed by atoms with Gasteiger partial charge in [-0.1, -0.05) is 18.2 Å². The topological polar surface area (TPSA) is 164 Å². The molecule has 4 N–H and O–H groups in total. The normalized spacial score (nSPS) is 17.6. The number of hydrogen-bond acceptors (Lipinski definition) is 8. The summed E-state index contributed by atoms with van der Waals surface area (Å²) in [6.45, 7) is 0.625. The summed E-state index contributed by atoms with van der Waals surface area (Å²) in [6.07, 6.45) is 6.89.